The molecule has 0 radical (unpaired) electrons. The molecule has 88 valence electrons. The fraction of sp³-hybridized carbons (Fsp3) is 0.273. The van der Waals surface area contributed by atoms with E-state index in [4.69, 9.17) is 10.4 Å². The standard InChI is InChI=1S/C11H8F2N2O2/c12-8-1-6(3-14)2-9(13)10(8)11(17)15-4-7(16)5-15/h1-2,7,16H,4-5H2. The van der Waals surface area contributed by atoms with Crippen LogP contribution in [-0.2, 0) is 0 Å². The van der Waals surface area contributed by atoms with Crippen LogP contribution in [0.5, 0.6) is 0 Å². The van der Waals surface area contributed by atoms with E-state index in [1.165, 1.54) is 0 Å². The molecular formula is C11H8F2N2O2. The topological polar surface area (TPSA) is 64.3 Å². The van der Waals surface area contributed by atoms with Crippen LogP contribution in [-0.4, -0.2) is 35.1 Å². The highest BCUT2D eigenvalue weighted by molar-refractivity contribution is 5.95. The number of carbonyl (C=O) groups excluding carboxylic acids is 1. The molecule has 1 saturated heterocycles. The third kappa shape index (κ3) is 1.97. The number of hydrogen-bond acceptors (Lipinski definition) is 3. The second-order valence-electron chi connectivity index (χ2n) is 3.79. The second kappa shape index (κ2) is 4.11. The summed E-state index contributed by atoms with van der Waals surface area (Å²) in [6.45, 7) is 0.134. The molecule has 0 aliphatic carbocycles. The number of benzene rings is 1. The molecule has 0 spiro atoms. The van der Waals surface area contributed by atoms with Gasteiger partial charge >= 0.3 is 0 Å². The van der Waals surface area contributed by atoms with Gasteiger partial charge in [0.2, 0.25) is 0 Å². The van der Waals surface area contributed by atoms with Crippen molar-refractivity contribution in [2.24, 2.45) is 0 Å². The Bertz CT molecular complexity index is 496. The fourth-order valence-corrected chi connectivity index (χ4v) is 1.62. The lowest BCUT2D eigenvalue weighted by Gasteiger charge is -2.35. The minimum atomic E-state index is -1.06. The van der Waals surface area contributed by atoms with Gasteiger partial charge in [-0.1, -0.05) is 0 Å². The molecule has 1 aromatic carbocycles. The molecule has 1 N–H and O–H groups in total. The van der Waals surface area contributed by atoms with Crippen molar-refractivity contribution in [3.63, 3.8) is 0 Å². The lowest BCUT2D eigenvalue weighted by atomic mass is 10.1. The van der Waals surface area contributed by atoms with Gasteiger partial charge in [0.1, 0.15) is 17.2 Å². The van der Waals surface area contributed by atoms with Crippen molar-refractivity contribution in [2.75, 3.05) is 13.1 Å². The predicted molar refractivity (Wildman–Crippen MR) is 53.0 cm³/mol. The molecule has 2 rings (SSSR count). The van der Waals surface area contributed by atoms with Crippen LogP contribution >= 0.6 is 0 Å². The van der Waals surface area contributed by atoms with E-state index in [2.05, 4.69) is 0 Å². The maximum absolute atomic E-state index is 13.5. The molecular weight excluding hydrogens is 230 g/mol. The summed E-state index contributed by atoms with van der Waals surface area (Å²) in [5.74, 6) is -2.93. The molecule has 0 unspecified atom stereocenters. The van der Waals surface area contributed by atoms with Gasteiger partial charge in [-0.15, -0.1) is 0 Å². The van der Waals surface area contributed by atoms with E-state index in [-0.39, 0.29) is 18.7 Å². The Morgan fingerprint density at radius 2 is 1.94 bits per heavy atom. The molecule has 6 heteroatoms. The lowest BCUT2D eigenvalue weighted by molar-refractivity contribution is 0.00526. The first kappa shape index (κ1) is 11.5. The Morgan fingerprint density at radius 3 is 2.35 bits per heavy atom. The Balaban J connectivity index is 2.33. The van der Waals surface area contributed by atoms with Gasteiger partial charge in [-0.05, 0) is 12.1 Å². The average molecular weight is 238 g/mol. The van der Waals surface area contributed by atoms with Gasteiger partial charge in [-0.25, -0.2) is 8.78 Å². The van der Waals surface area contributed by atoms with Gasteiger partial charge in [0, 0.05) is 13.1 Å². The van der Waals surface area contributed by atoms with Crippen molar-refractivity contribution in [3.05, 3.63) is 34.9 Å². The van der Waals surface area contributed by atoms with Gasteiger partial charge in [0.25, 0.3) is 5.91 Å². The van der Waals surface area contributed by atoms with Crippen LogP contribution in [0.15, 0.2) is 12.1 Å². The van der Waals surface area contributed by atoms with Crippen LogP contribution < -0.4 is 0 Å². The van der Waals surface area contributed by atoms with E-state index in [0.29, 0.717) is 0 Å². The van der Waals surface area contributed by atoms with Gasteiger partial charge in [0.05, 0.1) is 17.7 Å². The van der Waals surface area contributed by atoms with Gasteiger partial charge in [-0.2, -0.15) is 5.26 Å². The molecule has 0 atom stereocenters. The number of β-amino-alcohol motifs (C(OH)–C–C–N with tert-alkyl or cyclic N) is 1. The largest absolute Gasteiger partial charge is 0.389 e. The zero-order valence-corrected chi connectivity index (χ0v) is 8.65. The third-order valence-corrected chi connectivity index (χ3v) is 2.53. The number of likely N-dealkylation sites (tertiary alicyclic amines) is 1. The summed E-state index contributed by atoms with van der Waals surface area (Å²) in [7, 11) is 0. The molecule has 1 aliphatic rings. The number of rotatable bonds is 1. The molecule has 1 aliphatic heterocycles. The summed E-state index contributed by atoms with van der Waals surface area (Å²) in [6.07, 6.45) is -0.636. The molecule has 17 heavy (non-hydrogen) atoms. The van der Waals surface area contributed by atoms with Crippen LogP contribution in [0.25, 0.3) is 0 Å². The van der Waals surface area contributed by atoms with Crippen molar-refractivity contribution in [1.82, 2.24) is 4.90 Å². The number of hydrogen-bond donors (Lipinski definition) is 1. The third-order valence-electron chi connectivity index (χ3n) is 2.53. The van der Waals surface area contributed by atoms with E-state index in [1.54, 1.807) is 6.07 Å². The minimum absolute atomic E-state index is 0.0672. The summed E-state index contributed by atoms with van der Waals surface area (Å²) >= 11 is 0. The van der Waals surface area contributed by atoms with E-state index in [9.17, 15) is 13.6 Å². The molecule has 4 nitrogen and oxygen atoms in total. The van der Waals surface area contributed by atoms with Gasteiger partial charge < -0.3 is 10.0 Å². The van der Waals surface area contributed by atoms with Crippen LogP contribution in [0, 0.1) is 23.0 Å². The molecule has 0 saturated carbocycles. The van der Waals surface area contributed by atoms with E-state index < -0.39 is 29.2 Å². The maximum atomic E-state index is 13.5. The van der Waals surface area contributed by atoms with Crippen LogP contribution in [0.1, 0.15) is 15.9 Å². The van der Waals surface area contributed by atoms with Crippen molar-refractivity contribution in [1.29, 1.82) is 5.26 Å². The average Bonchev–Trinajstić information content (AvgIpc) is 2.23. The first-order chi connectivity index (χ1) is 8.02. The number of nitriles is 1. The Hall–Kier alpha value is -2.00. The summed E-state index contributed by atoms with van der Waals surface area (Å²) in [5.41, 5.74) is -0.865. The first-order valence-corrected chi connectivity index (χ1v) is 4.89. The first-order valence-electron chi connectivity index (χ1n) is 4.89. The maximum Gasteiger partial charge on any atom is 0.260 e. The number of aliphatic hydroxyl groups is 1. The van der Waals surface area contributed by atoms with Crippen LogP contribution in [0.3, 0.4) is 0 Å². The summed E-state index contributed by atoms with van der Waals surface area (Å²) < 4.78 is 26.9. The summed E-state index contributed by atoms with van der Waals surface area (Å²) in [4.78, 5) is 12.8. The van der Waals surface area contributed by atoms with Crippen molar-refractivity contribution in [2.45, 2.75) is 6.10 Å². The molecule has 1 heterocycles. The Labute approximate surface area is 95.7 Å². The Kier molecular flexibility index (Phi) is 2.77. The molecule has 0 aromatic heterocycles. The lowest BCUT2D eigenvalue weighted by Crippen LogP contribution is -2.53. The fourth-order valence-electron chi connectivity index (χ4n) is 1.62. The van der Waals surface area contributed by atoms with E-state index in [0.717, 1.165) is 17.0 Å². The zero-order valence-electron chi connectivity index (χ0n) is 8.65. The van der Waals surface area contributed by atoms with Crippen molar-refractivity contribution >= 4 is 5.91 Å². The minimum Gasteiger partial charge on any atom is -0.389 e. The number of amides is 1. The predicted octanol–water partition coefficient (Wildman–Crippen LogP) is 0.653. The number of carbonyl (C=O) groups is 1. The monoisotopic (exact) mass is 238 g/mol. The van der Waals surface area contributed by atoms with Gasteiger partial charge in [0.15, 0.2) is 0 Å². The van der Waals surface area contributed by atoms with E-state index in [1.807, 2.05) is 0 Å². The molecule has 1 aromatic rings. The van der Waals surface area contributed by atoms with Gasteiger partial charge in [-0.3, -0.25) is 4.79 Å². The highest BCUT2D eigenvalue weighted by Crippen LogP contribution is 2.20. The number of aliphatic hydroxyl groups excluding tert-OH is 1. The SMILES string of the molecule is N#Cc1cc(F)c(C(=O)N2CC(O)C2)c(F)c1. The van der Waals surface area contributed by atoms with Crippen molar-refractivity contribution < 1.29 is 18.7 Å². The van der Waals surface area contributed by atoms with E-state index >= 15 is 0 Å². The number of nitrogens with zero attached hydrogens (tertiary/aromatic N) is 2. The highest BCUT2D eigenvalue weighted by atomic mass is 19.1. The summed E-state index contributed by atoms with van der Waals surface area (Å²) in [5, 5.41) is 17.5. The molecule has 1 amide bonds. The molecule has 1 fully saturated rings. The van der Waals surface area contributed by atoms with Crippen molar-refractivity contribution in [3.8, 4) is 6.07 Å². The zero-order chi connectivity index (χ0) is 12.6. The highest BCUT2D eigenvalue weighted by Gasteiger charge is 2.32. The Morgan fingerprint density at radius 1 is 1.41 bits per heavy atom. The quantitative estimate of drug-likeness (QED) is 0.781. The molecule has 0 bridgehead atoms. The number of halogens is 2. The normalized spacial score (nSPS) is 15.3. The smallest absolute Gasteiger partial charge is 0.260 e. The summed E-state index contributed by atoms with van der Waals surface area (Å²) in [6, 6.07) is 3.22. The van der Waals surface area contributed by atoms with Crippen LogP contribution in [0.4, 0.5) is 8.78 Å². The second-order valence-corrected chi connectivity index (χ2v) is 3.79. The van der Waals surface area contributed by atoms with Crippen LogP contribution in [0.2, 0.25) is 0 Å².